The van der Waals surface area contributed by atoms with Crippen molar-refractivity contribution in [2.75, 3.05) is 5.75 Å². The van der Waals surface area contributed by atoms with Gasteiger partial charge in [0.2, 0.25) is 5.50 Å². The summed E-state index contributed by atoms with van der Waals surface area (Å²) in [5.74, 6) is -0.00949. The van der Waals surface area contributed by atoms with Crippen LogP contribution in [-0.2, 0) is 6.18 Å². The lowest BCUT2D eigenvalue weighted by atomic mass is 10.2. The van der Waals surface area contributed by atoms with Crippen molar-refractivity contribution in [1.29, 1.82) is 0 Å². The summed E-state index contributed by atoms with van der Waals surface area (Å²) in [5, 5.41) is 0. The fraction of sp³-hybridized carbons (Fsp3) is 0.455. The van der Waals surface area contributed by atoms with E-state index in [2.05, 4.69) is 4.74 Å². The van der Waals surface area contributed by atoms with Gasteiger partial charge in [-0.3, -0.25) is 0 Å². The van der Waals surface area contributed by atoms with Crippen molar-refractivity contribution in [3.05, 3.63) is 29.8 Å². The highest BCUT2D eigenvalue weighted by atomic mass is 32.2. The van der Waals surface area contributed by atoms with Crippen molar-refractivity contribution in [3.63, 3.8) is 0 Å². The van der Waals surface area contributed by atoms with Crippen LogP contribution in [0.25, 0.3) is 0 Å². The molecule has 0 heterocycles. The molecular formula is C11H11F5OS. The van der Waals surface area contributed by atoms with Gasteiger partial charge in [-0.25, -0.2) is 4.39 Å². The van der Waals surface area contributed by atoms with Gasteiger partial charge in [-0.15, -0.1) is 11.8 Å². The Morgan fingerprint density at radius 3 is 2.50 bits per heavy atom. The Morgan fingerprint density at radius 2 is 1.94 bits per heavy atom. The van der Waals surface area contributed by atoms with E-state index in [9.17, 15) is 22.0 Å². The Bertz CT molecular complexity index is 382. The highest BCUT2D eigenvalue weighted by molar-refractivity contribution is 7.99. The van der Waals surface area contributed by atoms with Gasteiger partial charge in [0.05, 0.1) is 5.56 Å². The lowest BCUT2D eigenvalue weighted by molar-refractivity contribution is -0.137. The maximum absolute atomic E-state index is 13.2. The minimum Gasteiger partial charge on any atom is -0.456 e. The molecule has 0 saturated heterocycles. The SMILES string of the molecule is CCSC(F)C(F)Oc1cccc(C(F)(F)F)c1. The van der Waals surface area contributed by atoms with Gasteiger partial charge >= 0.3 is 6.18 Å². The Kier molecular flexibility index (Phi) is 5.25. The van der Waals surface area contributed by atoms with Crippen LogP contribution in [0.3, 0.4) is 0 Å². The summed E-state index contributed by atoms with van der Waals surface area (Å²) in [6, 6.07) is 3.68. The van der Waals surface area contributed by atoms with Crippen LogP contribution in [0.1, 0.15) is 12.5 Å². The van der Waals surface area contributed by atoms with Crippen LogP contribution >= 0.6 is 11.8 Å². The first-order valence-corrected chi connectivity index (χ1v) is 6.13. The van der Waals surface area contributed by atoms with E-state index in [1.54, 1.807) is 6.92 Å². The quantitative estimate of drug-likeness (QED) is 0.741. The number of alkyl halides is 5. The highest BCUT2D eigenvalue weighted by Crippen LogP contribution is 2.32. The van der Waals surface area contributed by atoms with Crippen LogP contribution in [-0.4, -0.2) is 17.6 Å². The monoisotopic (exact) mass is 286 g/mol. The standard InChI is InChI=1S/C11H11F5OS/c1-2-18-10(13)9(12)17-8-5-3-4-7(6-8)11(14,15)16/h3-6,9-10H,2H2,1H3. The average Bonchev–Trinajstić information content (AvgIpc) is 2.28. The molecule has 0 aromatic heterocycles. The molecule has 0 bridgehead atoms. The number of halogens is 5. The van der Waals surface area contributed by atoms with Crippen LogP contribution in [0.15, 0.2) is 24.3 Å². The van der Waals surface area contributed by atoms with Crippen molar-refractivity contribution < 1.29 is 26.7 Å². The van der Waals surface area contributed by atoms with Gasteiger partial charge in [0, 0.05) is 0 Å². The lowest BCUT2D eigenvalue weighted by Crippen LogP contribution is -2.21. The molecule has 0 fully saturated rings. The summed E-state index contributed by atoms with van der Waals surface area (Å²) in [7, 11) is 0. The lowest BCUT2D eigenvalue weighted by Gasteiger charge is -2.15. The smallest absolute Gasteiger partial charge is 0.416 e. The van der Waals surface area contributed by atoms with E-state index in [1.165, 1.54) is 0 Å². The molecule has 0 spiro atoms. The molecule has 1 rings (SSSR count). The van der Waals surface area contributed by atoms with Gasteiger partial charge in [-0.05, 0) is 24.0 Å². The Balaban J connectivity index is 2.73. The van der Waals surface area contributed by atoms with Crippen LogP contribution in [0.5, 0.6) is 5.75 Å². The molecule has 0 N–H and O–H groups in total. The van der Waals surface area contributed by atoms with E-state index in [-0.39, 0.29) is 5.75 Å². The third-order valence-electron chi connectivity index (χ3n) is 1.94. The molecule has 0 amide bonds. The molecule has 1 aromatic rings. The number of rotatable bonds is 5. The van der Waals surface area contributed by atoms with E-state index < -0.39 is 23.6 Å². The Labute approximate surface area is 105 Å². The second-order valence-corrected chi connectivity index (χ2v) is 4.66. The third kappa shape index (κ3) is 4.36. The minimum absolute atomic E-state index is 0.341. The Morgan fingerprint density at radius 1 is 1.28 bits per heavy atom. The van der Waals surface area contributed by atoms with Gasteiger partial charge in [0.25, 0.3) is 6.36 Å². The zero-order valence-electron chi connectivity index (χ0n) is 9.38. The van der Waals surface area contributed by atoms with E-state index in [0.717, 1.165) is 18.2 Å². The zero-order valence-corrected chi connectivity index (χ0v) is 10.2. The van der Waals surface area contributed by atoms with E-state index >= 15 is 0 Å². The van der Waals surface area contributed by atoms with Crippen LogP contribution in [0, 0.1) is 0 Å². The molecule has 1 nitrogen and oxygen atoms in total. The first-order valence-electron chi connectivity index (χ1n) is 5.08. The molecule has 0 radical (unpaired) electrons. The molecule has 0 aliphatic heterocycles. The molecule has 2 atom stereocenters. The zero-order chi connectivity index (χ0) is 13.8. The number of hydrogen-bond donors (Lipinski definition) is 0. The summed E-state index contributed by atoms with van der Waals surface area (Å²) < 4.78 is 67.8. The maximum atomic E-state index is 13.2. The first kappa shape index (κ1) is 15.1. The summed E-state index contributed by atoms with van der Waals surface area (Å²) in [6.45, 7) is 1.63. The van der Waals surface area contributed by atoms with Crippen molar-refractivity contribution in [1.82, 2.24) is 0 Å². The van der Waals surface area contributed by atoms with Gasteiger partial charge in [-0.2, -0.15) is 17.6 Å². The van der Waals surface area contributed by atoms with Crippen LogP contribution < -0.4 is 4.74 Å². The fourth-order valence-electron chi connectivity index (χ4n) is 1.16. The normalized spacial score (nSPS) is 15.2. The van der Waals surface area contributed by atoms with Crippen molar-refractivity contribution in [2.24, 2.45) is 0 Å². The largest absolute Gasteiger partial charge is 0.456 e. The molecular weight excluding hydrogens is 275 g/mol. The average molecular weight is 286 g/mol. The fourth-order valence-corrected chi connectivity index (χ4v) is 1.69. The molecule has 18 heavy (non-hydrogen) atoms. The minimum atomic E-state index is -4.54. The summed E-state index contributed by atoms with van der Waals surface area (Å²) in [5.41, 5.74) is -2.89. The third-order valence-corrected chi connectivity index (χ3v) is 2.81. The summed E-state index contributed by atoms with van der Waals surface area (Å²) >= 11 is 0.679. The van der Waals surface area contributed by atoms with Gasteiger partial charge in [0.15, 0.2) is 0 Å². The van der Waals surface area contributed by atoms with Crippen molar-refractivity contribution >= 4 is 11.8 Å². The number of benzene rings is 1. The summed E-state index contributed by atoms with van der Waals surface area (Å²) in [4.78, 5) is 0. The molecule has 1 aromatic carbocycles. The van der Waals surface area contributed by atoms with Gasteiger partial charge in [0.1, 0.15) is 5.75 Å². The molecule has 7 heteroatoms. The predicted molar refractivity (Wildman–Crippen MR) is 60.0 cm³/mol. The van der Waals surface area contributed by atoms with Gasteiger partial charge < -0.3 is 4.74 Å². The topological polar surface area (TPSA) is 9.23 Å². The summed E-state index contributed by atoms with van der Waals surface area (Å²) in [6.07, 6.45) is -6.84. The number of ether oxygens (including phenoxy) is 1. The van der Waals surface area contributed by atoms with Crippen LogP contribution in [0.2, 0.25) is 0 Å². The second kappa shape index (κ2) is 6.26. The molecule has 102 valence electrons. The molecule has 0 aliphatic carbocycles. The highest BCUT2D eigenvalue weighted by Gasteiger charge is 2.31. The van der Waals surface area contributed by atoms with Crippen LogP contribution in [0.4, 0.5) is 22.0 Å². The van der Waals surface area contributed by atoms with Crippen molar-refractivity contribution in [2.45, 2.75) is 25.0 Å². The van der Waals surface area contributed by atoms with Gasteiger partial charge in [-0.1, -0.05) is 13.0 Å². The molecule has 2 unspecified atom stereocenters. The van der Waals surface area contributed by atoms with Crippen molar-refractivity contribution in [3.8, 4) is 5.75 Å². The first-order chi connectivity index (χ1) is 8.34. The van der Waals surface area contributed by atoms with E-state index in [0.29, 0.717) is 23.6 Å². The number of hydrogen-bond acceptors (Lipinski definition) is 2. The maximum Gasteiger partial charge on any atom is 0.416 e. The predicted octanol–water partition coefficient (Wildman–Crippen LogP) is 4.43. The Hall–Kier alpha value is -0.980. The molecule has 0 aliphatic rings. The van der Waals surface area contributed by atoms with E-state index in [1.807, 2.05) is 0 Å². The number of thioether (sulfide) groups is 1. The second-order valence-electron chi connectivity index (χ2n) is 3.30. The van der Waals surface area contributed by atoms with E-state index in [4.69, 9.17) is 0 Å². The molecule has 0 saturated carbocycles.